The summed E-state index contributed by atoms with van der Waals surface area (Å²) in [6.45, 7) is 6.33. The van der Waals surface area contributed by atoms with Gasteiger partial charge >= 0.3 is 0 Å². The fourth-order valence-electron chi connectivity index (χ4n) is 3.05. The zero-order valence-corrected chi connectivity index (χ0v) is 13.9. The van der Waals surface area contributed by atoms with Crippen molar-refractivity contribution in [3.8, 4) is 0 Å². The second-order valence-corrected chi connectivity index (χ2v) is 6.64. The molecule has 1 heterocycles. The Morgan fingerprint density at radius 1 is 1.23 bits per heavy atom. The van der Waals surface area contributed by atoms with Crippen molar-refractivity contribution in [3.63, 3.8) is 0 Å². The highest BCUT2D eigenvalue weighted by atomic mass is 35.5. The van der Waals surface area contributed by atoms with Crippen LogP contribution in [0.3, 0.4) is 0 Å². The largest absolute Gasteiger partial charge is 0.351 e. The summed E-state index contributed by atoms with van der Waals surface area (Å²) in [5, 5.41) is 3.18. The molecule has 0 bridgehead atoms. The van der Waals surface area contributed by atoms with Crippen molar-refractivity contribution < 1.29 is 9.59 Å². The third-order valence-electron chi connectivity index (χ3n) is 3.96. The van der Waals surface area contributed by atoms with E-state index in [9.17, 15) is 9.59 Å². The third-order valence-corrected chi connectivity index (χ3v) is 4.29. The summed E-state index contributed by atoms with van der Waals surface area (Å²) in [5.41, 5.74) is 0.442. The summed E-state index contributed by atoms with van der Waals surface area (Å²) in [5.74, 6) is 0.965. The molecule has 120 valence electrons. The number of hydrogen-bond donors (Lipinski definition) is 1. The van der Waals surface area contributed by atoms with Gasteiger partial charge in [-0.1, -0.05) is 37.6 Å². The summed E-state index contributed by atoms with van der Waals surface area (Å²) in [7, 11) is 0. The van der Waals surface area contributed by atoms with Crippen LogP contribution in [0.2, 0.25) is 5.02 Å². The van der Waals surface area contributed by atoms with Gasteiger partial charge in [-0.15, -0.1) is 0 Å². The van der Waals surface area contributed by atoms with Gasteiger partial charge in [-0.3, -0.25) is 9.59 Å². The van der Waals surface area contributed by atoms with Gasteiger partial charge in [0.25, 0.3) is 5.91 Å². The lowest BCUT2D eigenvalue weighted by Gasteiger charge is -2.35. The third kappa shape index (κ3) is 4.47. The minimum atomic E-state index is -0.237. The van der Waals surface area contributed by atoms with E-state index in [2.05, 4.69) is 19.2 Å². The predicted molar refractivity (Wildman–Crippen MR) is 87.9 cm³/mol. The minimum Gasteiger partial charge on any atom is -0.351 e. The second kappa shape index (κ2) is 7.63. The first-order valence-electron chi connectivity index (χ1n) is 7.78. The molecule has 1 aliphatic heterocycles. The molecule has 1 saturated heterocycles. The molecule has 1 aromatic rings. The van der Waals surface area contributed by atoms with Crippen molar-refractivity contribution in [2.75, 3.05) is 19.6 Å². The Hall–Kier alpha value is -1.55. The number of rotatable bonds is 4. The van der Waals surface area contributed by atoms with E-state index in [4.69, 9.17) is 11.6 Å². The van der Waals surface area contributed by atoms with Crippen molar-refractivity contribution in [1.29, 1.82) is 0 Å². The van der Waals surface area contributed by atoms with Gasteiger partial charge in [0.1, 0.15) is 0 Å². The van der Waals surface area contributed by atoms with Gasteiger partial charge < -0.3 is 10.2 Å². The average Bonchev–Trinajstić information content (AvgIpc) is 2.46. The molecule has 0 aliphatic carbocycles. The standard InChI is InChI=1S/C17H23ClN2O2/c1-12-9-13(2)11-20(10-12)16(21)7-8-19-17(22)14-5-3-4-6-15(14)18/h3-6,12-13H,7-11H2,1-2H3,(H,19,22)/t12-,13-/m1/s1. The molecular weight excluding hydrogens is 300 g/mol. The minimum absolute atomic E-state index is 0.109. The zero-order valence-electron chi connectivity index (χ0n) is 13.1. The maximum absolute atomic E-state index is 12.2. The Bertz CT molecular complexity index is 537. The van der Waals surface area contributed by atoms with Crippen LogP contribution in [0.25, 0.3) is 0 Å². The number of likely N-dealkylation sites (tertiary alicyclic amines) is 1. The van der Waals surface area contributed by atoms with Crippen LogP contribution < -0.4 is 5.32 Å². The lowest BCUT2D eigenvalue weighted by atomic mass is 9.92. The Balaban J connectivity index is 1.80. The summed E-state index contributed by atoms with van der Waals surface area (Å²) < 4.78 is 0. The number of piperidine rings is 1. The highest BCUT2D eigenvalue weighted by Gasteiger charge is 2.25. The molecule has 1 aliphatic rings. The number of carbonyl (C=O) groups is 2. The van der Waals surface area contributed by atoms with E-state index >= 15 is 0 Å². The highest BCUT2D eigenvalue weighted by Crippen LogP contribution is 2.21. The first kappa shape index (κ1) is 16.8. The SMILES string of the molecule is C[C@@H]1C[C@@H](C)CN(C(=O)CCNC(=O)c2ccccc2Cl)C1. The molecular formula is C17H23ClN2O2. The molecule has 2 amide bonds. The highest BCUT2D eigenvalue weighted by molar-refractivity contribution is 6.33. The van der Waals surface area contributed by atoms with Gasteiger partial charge in [-0.05, 0) is 30.4 Å². The molecule has 2 atom stereocenters. The van der Waals surface area contributed by atoms with Crippen LogP contribution in [0, 0.1) is 11.8 Å². The van der Waals surface area contributed by atoms with Crippen LogP contribution in [0.4, 0.5) is 0 Å². The summed E-state index contributed by atoms with van der Waals surface area (Å²) in [4.78, 5) is 26.1. The first-order chi connectivity index (χ1) is 10.5. The Labute approximate surface area is 136 Å². The number of carbonyl (C=O) groups excluding carboxylic acids is 2. The Morgan fingerprint density at radius 2 is 1.86 bits per heavy atom. The number of nitrogens with one attached hydrogen (secondary N) is 1. The lowest BCUT2D eigenvalue weighted by molar-refractivity contribution is -0.133. The van der Waals surface area contributed by atoms with Crippen LogP contribution in [-0.4, -0.2) is 36.3 Å². The molecule has 1 N–H and O–H groups in total. The smallest absolute Gasteiger partial charge is 0.252 e. The van der Waals surface area contributed by atoms with Crippen LogP contribution >= 0.6 is 11.6 Å². The molecule has 1 fully saturated rings. The van der Waals surface area contributed by atoms with Crippen molar-refractivity contribution in [2.45, 2.75) is 26.7 Å². The lowest BCUT2D eigenvalue weighted by Crippen LogP contribution is -2.43. The number of benzene rings is 1. The van der Waals surface area contributed by atoms with E-state index in [0.717, 1.165) is 13.1 Å². The molecule has 0 spiro atoms. The molecule has 0 unspecified atom stereocenters. The van der Waals surface area contributed by atoms with Crippen LogP contribution in [0.5, 0.6) is 0 Å². The van der Waals surface area contributed by atoms with Crippen LogP contribution in [0.15, 0.2) is 24.3 Å². The number of hydrogen-bond acceptors (Lipinski definition) is 2. The van der Waals surface area contributed by atoms with Crippen molar-refractivity contribution in [2.24, 2.45) is 11.8 Å². The van der Waals surface area contributed by atoms with E-state index in [1.807, 2.05) is 4.90 Å². The van der Waals surface area contributed by atoms with Gasteiger partial charge in [0.15, 0.2) is 0 Å². The average molecular weight is 323 g/mol. The van der Waals surface area contributed by atoms with Gasteiger partial charge in [-0.25, -0.2) is 0 Å². The monoisotopic (exact) mass is 322 g/mol. The molecule has 5 heteroatoms. The number of halogens is 1. The van der Waals surface area contributed by atoms with Crippen molar-refractivity contribution in [3.05, 3.63) is 34.9 Å². The fourth-order valence-corrected chi connectivity index (χ4v) is 3.27. The molecule has 22 heavy (non-hydrogen) atoms. The molecule has 0 radical (unpaired) electrons. The number of nitrogens with zero attached hydrogens (tertiary/aromatic N) is 1. The van der Waals surface area contributed by atoms with E-state index < -0.39 is 0 Å². The number of amides is 2. The van der Waals surface area contributed by atoms with Gasteiger partial charge in [0.2, 0.25) is 5.91 Å². The topological polar surface area (TPSA) is 49.4 Å². The predicted octanol–water partition coefficient (Wildman–Crippen LogP) is 2.96. The van der Waals surface area contributed by atoms with E-state index in [1.54, 1.807) is 24.3 Å². The van der Waals surface area contributed by atoms with Crippen LogP contribution in [0.1, 0.15) is 37.0 Å². The van der Waals surface area contributed by atoms with Gasteiger partial charge in [0, 0.05) is 26.1 Å². The van der Waals surface area contributed by atoms with Gasteiger partial charge in [0.05, 0.1) is 10.6 Å². The quantitative estimate of drug-likeness (QED) is 0.926. The fraction of sp³-hybridized carbons (Fsp3) is 0.529. The van der Waals surface area contributed by atoms with Crippen LogP contribution in [-0.2, 0) is 4.79 Å². The zero-order chi connectivity index (χ0) is 16.1. The molecule has 0 aromatic heterocycles. The van der Waals surface area contributed by atoms with E-state index in [-0.39, 0.29) is 11.8 Å². The Morgan fingerprint density at radius 3 is 2.50 bits per heavy atom. The first-order valence-corrected chi connectivity index (χ1v) is 8.15. The Kier molecular flexibility index (Phi) is 5.83. The van der Waals surface area contributed by atoms with Crippen molar-refractivity contribution >= 4 is 23.4 Å². The van der Waals surface area contributed by atoms with E-state index in [1.165, 1.54) is 6.42 Å². The summed E-state index contributed by atoms with van der Waals surface area (Å²) in [6, 6.07) is 6.90. The van der Waals surface area contributed by atoms with E-state index in [0.29, 0.717) is 35.4 Å². The maximum Gasteiger partial charge on any atom is 0.252 e. The van der Waals surface area contributed by atoms with Crippen molar-refractivity contribution in [1.82, 2.24) is 10.2 Å². The molecule has 0 saturated carbocycles. The second-order valence-electron chi connectivity index (χ2n) is 6.23. The summed E-state index contributed by atoms with van der Waals surface area (Å²) >= 11 is 5.98. The molecule has 1 aromatic carbocycles. The summed E-state index contributed by atoms with van der Waals surface area (Å²) in [6.07, 6.45) is 1.50. The maximum atomic E-state index is 12.2. The molecule has 2 rings (SSSR count). The van der Waals surface area contributed by atoms with Gasteiger partial charge in [-0.2, -0.15) is 0 Å². The molecule has 4 nitrogen and oxygen atoms in total. The normalized spacial score (nSPS) is 21.5.